The van der Waals surface area contributed by atoms with Gasteiger partial charge >= 0.3 is 0 Å². The highest BCUT2D eigenvalue weighted by Crippen LogP contribution is 2.42. The van der Waals surface area contributed by atoms with Gasteiger partial charge in [-0.25, -0.2) is 0 Å². The van der Waals surface area contributed by atoms with E-state index < -0.39 is 0 Å². The lowest BCUT2D eigenvalue weighted by molar-refractivity contribution is 0.0925. The van der Waals surface area contributed by atoms with Crippen LogP contribution in [0.5, 0.6) is 0 Å². The fourth-order valence-corrected chi connectivity index (χ4v) is 4.87. The molecule has 0 saturated heterocycles. The first-order valence-electron chi connectivity index (χ1n) is 9.82. The van der Waals surface area contributed by atoms with Crippen LogP contribution in [0.2, 0.25) is 0 Å². The lowest BCUT2D eigenvalue weighted by atomic mass is 9.69. The highest BCUT2D eigenvalue weighted by molar-refractivity contribution is 4.82. The smallest absolute Gasteiger partial charge is 0.0490 e. The van der Waals surface area contributed by atoms with E-state index in [1.807, 2.05) is 7.11 Å². The van der Waals surface area contributed by atoms with Gasteiger partial charge in [0.1, 0.15) is 0 Å². The predicted octanol–water partition coefficient (Wildman–Crippen LogP) is 6.22. The zero-order valence-electron chi connectivity index (χ0n) is 14.6. The van der Waals surface area contributed by atoms with Crippen LogP contribution >= 0.6 is 0 Å². The summed E-state index contributed by atoms with van der Waals surface area (Å²) in [6.07, 6.45) is 19.3. The Hall–Kier alpha value is -0.0400. The molecular formula is C20H38O. The molecule has 0 aromatic rings. The molecule has 2 aliphatic carbocycles. The molecule has 0 aliphatic heterocycles. The molecule has 0 radical (unpaired) electrons. The maximum absolute atomic E-state index is 5.33. The molecule has 124 valence electrons. The van der Waals surface area contributed by atoms with Crippen molar-refractivity contribution in [3.63, 3.8) is 0 Å². The van der Waals surface area contributed by atoms with Crippen LogP contribution in [0.15, 0.2) is 0 Å². The summed E-state index contributed by atoms with van der Waals surface area (Å²) in [5, 5.41) is 0. The van der Waals surface area contributed by atoms with Gasteiger partial charge in [-0.3, -0.25) is 0 Å². The standard InChI is InChI=1S/C20H38O/c1-3-4-5-6-7-17-8-12-19(13-9-17)20-14-10-18(11-15-20)16-21-2/h17-20H,3-16H2,1-2H3/t17-,18-,19-,20-. The minimum absolute atomic E-state index is 0.862. The zero-order chi connectivity index (χ0) is 14.9. The summed E-state index contributed by atoms with van der Waals surface area (Å²) < 4.78 is 5.33. The molecular weight excluding hydrogens is 256 g/mol. The molecule has 0 heterocycles. The summed E-state index contributed by atoms with van der Waals surface area (Å²) in [4.78, 5) is 0. The largest absolute Gasteiger partial charge is 0.384 e. The van der Waals surface area contributed by atoms with Crippen LogP contribution in [0, 0.1) is 23.7 Å². The van der Waals surface area contributed by atoms with E-state index >= 15 is 0 Å². The Morgan fingerprint density at radius 1 is 0.714 bits per heavy atom. The van der Waals surface area contributed by atoms with Crippen molar-refractivity contribution < 1.29 is 4.74 Å². The van der Waals surface area contributed by atoms with Gasteiger partial charge in [0.2, 0.25) is 0 Å². The first kappa shape index (κ1) is 17.3. The molecule has 1 heteroatoms. The Labute approximate surface area is 133 Å². The van der Waals surface area contributed by atoms with Crippen molar-refractivity contribution in [1.29, 1.82) is 0 Å². The van der Waals surface area contributed by atoms with Crippen LogP contribution in [-0.4, -0.2) is 13.7 Å². The lowest BCUT2D eigenvalue weighted by Crippen LogP contribution is -2.27. The van der Waals surface area contributed by atoms with Gasteiger partial charge in [-0.1, -0.05) is 51.9 Å². The van der Waals surface area contributed by atoms with E-state index in [0.717, 1.165) is 30.3 Å². The van der Waals surface area contributed by atoms with Crippen LogP contribution < -0.4 is 0 Å². The van der Waals surface area contributed by atoms with Crippen LogP contribution in [-0.2, 0) is 4.74 Å². The van der Waals surface area contributed by atoms with Gasteiger partial charge in [0, 0.05) is 13.7 Å². The SMILES string of the molecule is CCCCCC[C@H]1CC[C@H]([C@H]2CC[C@H](COC)CC2)CC1. The zero-order valence-corrected chi connectivity index (χ0v) is 14.6. The monoisotopic (exact) mass is 294 g/mol. The third-order valence-corrected chi connectivity index (χ3v) is 6.32. The van der Waals surface area contributed by atoms with Crippen LogP contribution in [0.1, 0.15) is 90.4 Å². The third-order valence-electron chi connectivity index (χ3n) is 6.32. The molecule has 2 fully saturated rings. The van der Waals surface area contributed by atoms with Gasteiger partial charge in [-0.2, -0.15) is 0 Å². The quantitative estimate of drug-likeness (QED) is 0.483. The van der Waals surface area contributed by atoms with E-state index in [1.54, 1.807) is 0 Å². The van der Waals surface area contributed by atoms with Crippen molar-refractivity contribution >= 4 is 0 Å². The number of unbranched alkanes of at least 4 members (excludes halogenated alkanes) is 3. The van der Waals surface area contributed by atoms with Gasteiger partial charge in [0.25, 0.3) is 0 Å². The van der Waals surface area contributed by atoms with Crippen LogP contribution in [0.3, 0.4) is 0 Å². The minimum atomic E-state index is 0.862. The van der Waals surface area contributed by atoms with Crippen molar-refractivity contribution in [1.82, 2.24) is 0 Å². The normalized spacial score (nSPS) is 34.0. The molecule has 2 rings (SSSR count). The molecule has 1 nitrogen and oxygen atoms in total. The fourth-order valence-electron chi connectivity index (χ4n) is 4.87. The average Bonchev–Trinajstić information content (AvgIpc) is 2.53. The Morgan fingerprint density at radius 2 is 1.29 bits per heavy atom. The maximum atomic E-state index is 5.33. The maximum Gasteiger partial charge on any atom is 0.0490 e. The van der Waals surface area contributed by atoms with Gasteiger partial charge in [-0.15, -0.1) is 0 Å². The summed E-state index contributed by atoms with van der Waals surface area (Å²) in [5.74, 6) is 4.06. The van der Waals surface area contributed by atoms with E-state index in [4.69, 9.17) is 4.74 Å². The number of rotatable bonds is 8. The molecule has 2 aliphatic rings. The molecule has 0 atom stereocenters. The second-order valence-electron chi connectivity index (χ2n) is 7.87. The number of ether oxygens (including phenoxy) is 1. The average molecular weight is 295 g/mol. The summed E-state index contributed by atoms with van der Waals surface area (Å²) in [5.41, 5.74) is 0. The van der Waals surface area contributed by atoms with Gasteiger partial charge < -0.3 is 4.74 Å². The molecule has 21 heavy (non-hydrogen) atoms. The number of hydrogen-bond acceptors (Lipinski definition) is 1. The van der Waals surface area contributed by atoms with E-state index in [2.05, 4.69) is 6.92 Å². The van der Waals surface area contributed by atoms with Gasteiger partial charge in [0.15, 0.2) is 0 Å². The van der Waals surface area contributed by atoms with Gasteiger partial charge in [0.05, 0.1) is 0 Å². The molecule has 0 N–H and O–H groups in total. The summed E-state index contributed by atoms with van der Waals surface area (Å²) >= 11 is 0. The van der Waals surface area contributed by atoms with Crippen LogP contribution in [0.25, 0.3) is 0 Å². The lowest BCUT2D eigenvalue weighted by Gasteiger charge is -2.37. The molecule has 0 aromatic heterocycles. The summed E-state index contributed by atoms with van der Waals surface area (Å²) in [6.45, 7) is 3.31. The van der Waals surface area contributed by atoms with Crippen LogP contribution in [0.4, 0.5) is 0 Å². The van der Waals surface area contributed by atoms with E-state index in [-0.39, 0.29) is 0 Å². The van der Waals surface area contributed by atoms with Gasteiger partial charge in [-0.05, 0) is 62.2 Å². The van der Waals surface area contributed by atoms with Crippen molar-refractivity contribution in [3.05, 3.63) is 0 Å². The minimum Gasteiger partial charge on any atom is -0.384 e. The summed E-state index contributed by atoms with van der Waals surface area (Å²) in [7, 11) is 1.86. The molecule has 0 spiro atoms. The second-order valence-corrected chi connectivity index (χ2v) is 7.87. The Kier molecular flexibility index (Phi) is 8.14. The number of methoxy groups -OCH3 is 1. The Bertz CT molecular complexity index is 247. The third kappa shape index (κ3) is 5.93. The molecule has 0 bridgehead atoms. The van der Waals surface area contributed by atoms with E-state index in [1.165, 1.54) is 83.5 Å². The predicted molar refractivity (Wildman–Crippen MR) is 91.5 cm³/mol. The highest BCUT2D eigenvalue weighted by Gasteiger charge is 2.30. The van der Waals surface area contributed by atoms with E-state index in [9.17, 15) is 0 Å². The Morgan fingerprint density at radius 3 is 1.81 bits per heavy atom. The number of hydrogen-bond donors (Lipinski definition) is 0. The highest BCUT2D eigenvalue weighted by atomic mass is 16.5. The first-order valence-corrected chi connectivity index (χ1v) is 9.82. The van der Waals surface area contributed by atoms with Crippen molar-refractivity contribution in [2.24, 2.45) is 23.7 Å². The van der Waals surface area contributed by atoms with Crippen molar-refractivity contribution in [2.45, 2.75) is 90.4 Å². The Balaban J connectivity index is 1.59. The topological polar surface area (TPSA) is 9.23 Å². The molecule has 0 amide bonds. The second kappa shape index (κ2) is 9.87. The van der Waals surface area contributed by atoms with Crippen molar-refractivity contribution in [3.8, 4) is 0 Å². The van der Waals surface area contributed by atoms with E-state index in [0.29, 0.717) is 0 Å². The first-order chi connectivity index (χ1) is 10.3. The molecule has 0 unspecified atom stereocenters. The summed E-state index contributed by atoms with van der Waals surface area (Å²) in [6, 6.07) is 0. The molecule has 0 aromatic carbocycles. The fraction of sp³-hybridized carbons (Fsp3) is 1.00. The van der Waals surface area contributed by atoms with Crippen molar-refractivity contribution in [2.75, 3.05) is 13.7 Å². The molecule has 2 saturated carbocycles.